The maximum absolute atomic E-state index is 12.6. The van der Waals surface area contributed by atoms with Gasteiger partial charge in [-0.25, -0.2) is 0 Å². The lowest BCUT2D eigenvalue weighted by Gasteiger charge is -2.30. The van der Waals surface area contributed by atoms with E-state index in [1.807, 2.05) is 6.07 Å². The standard InChI is InChI=1S/C15H18F3NO/c1-10(13-4-2-3-9-19-13)14(20)11-5-7-12(8-6-11)15(16,17)18/h2-4,9-12H,5-8H2,1H3. The molecule has 1 fully saturated rings. The fraction of sp³-hybridized carbons (Fsp3) is 0.600. The first-order valence-corrected chi connectivity index (χ1v) is 6.91. The Kier molecular flexibility index (Phi) is 4.45. The van der Waals surface area contributed by atoms with Crippen LogP contribution in [0.25, 0.3) is 0 Å². The van der Waals surface area contributed by atoms with Gasteiger partial charge in [0.25, 0.3) is 0 Å². The van der Waals surface area contributed by atoms with Gasteiger partial charge in [0.15, 0.2) is 0 Å². The Balaban J connectivity index is 1.95. The smallest absolute Gasteiger partial charge is 0.299 e. The summed E-state index contributed by atoms with van der Waals surface area (Å²) in [6, 6.07) is 5.37. The topological polar surface area (TPSA) is 30.0 Å². The SMILES string of the molecule is CC(C(=O)C1CCC(C(F)(F)F)CC1)c1ccccn1. The maximum atomic E-state index is 12.6. The summed E-state index contributed by atoms with van der Waals surface area (Å²) in [7, 11) is 0. The van der Waals surface area contributed by atoms with E-state index in [4.69, 9.17) is 0 Å². The largest absolute Gasteiger partial charge is 0.391 e. The molecule has 1 aromatic rings. The number of halogens is 3. The Hall–Kier alpha value is -1.39. The van der Waals surface area contributed by atoms with Crippen LogP contribution in [0.15, 0.2) is 24.4 Å². The van der Waals surface area contributed by atoms with E-state index >= 15 is 0 Å². The average molecular weight is 285 g/mol. The third-order valence-corrected chi connectivity index (χ3v) is 4.15. The molecule has 1 saturated carbocycles. The molecule has 0 amide bonds. The number of ketones is 1. The van der Waals surface area contributed by atoms with Crippen molar-refractivity contribution in [3.05, 3.63) is 30.1 Å². The molecule has 1 aromatic heterocycles. The molecular formula is C15H18F3NO. The molecule has 1 unspecified atom stereocenters. The van der Waals surface area contributed by atoms with Crippen LogP contribution >= 0.6 is 0 Å². The quantitative estimate of drug-likeness (QED) is 0.836. The zero-order valence-electron chi connectivity index (χ0n) is 11.4. The second-order valence-electron chi connectivity index (χ2n) is 5.47. The summed E-state index contributed by atoms with van der Waals surface area (Å²) >= 11 is 0. The van der Waals surface area contributed by atoms with E-state index in [1.54, 1.807) is 25.3 Å². The number of hydrogen-bond donors (Lipinski definition) is 0. The summed E-state index contributed by atoms with van der Waals surface area (Å²) in [5, 5.41) is 0. The molecule has 0 saturated heterocycles. The Morgan fingerprint density at radius 3 is 2.40 bits per heavy atom. The molecule has 110 valence electrons. The van der Waals surface area contributed by atoms with Gasteiger partial charge in [-0.3, -0.25) is 9.78 Å². The van der Waals surface area contributed by atoms with Gasteiger partial charge in [0.2, 0.25) is 0 Å². The zero-order valence-corrected chi connectivity index (χ0v) is 11.4. The first kappa shape index (κ1) is 15.0. The van der Waals surface area contributed by atoms with Crippen LogP contribution in [0.5, 0.6) is 0 Å². The Morgan fingerprint density at radius 1 is 1.25 bits per heavy atom. The van der Waals surface area contributed by atoms with Gasteiger partial charge in [-0.1, -0.05) is 6.07 Å². The third-order valence-electron chi connectivity index (χ3n) is 4.15. The number of rotatable bonds is 3. The van der Waals surface area contributed by atoms with Crippen molar-refractivity contribution < 1.29 is 18.0 Å². The Labute approximate surface area is 116 Å². The van der Waals surface area contributed by atoms with Crippen molar-refractivity contribution in [2.24, 2.45) is 11.8 Å². The van der Waals surface area contributed by atoms with E-state index < -0.39 is 12.1 Å². The van der Waals surface area contributed by atoms with Crippen LogP contribution in [-0.4, -0.2) is 16.9 Å². The van der Waals surface area contributed by atoms with Crippen molar-refractivity contribution in [2.45, 2.75) is 44.7 Å². The lowest BCUT2D eigenvalue weighted by atomic mass is 9.77. The summed E-state index contributed by atoms with van der Waals surface area (Å²) in [5.41, 5.74) is 0.690. The lowest BCUT2D eigenvalue weighted by molar-refractivity contribution is -0.184. The summed E-state index contributed by atoms with van der Waals surface area (Å²) in [6.45, 7) is 1.78. The fourth-order valence-corrected chi connectivity index (χ4v) is 2.84. The molecule has 0 N–H and O–H groups in total. The van der Waals surface area contributed by atoms with Crippen LogP contribution in [0.3, 0.4) is 0 Å². The molecule has 5 heteroatoms. The lowest BCUT2D eigenvalue weighted by Crippen LogP contribution is -2.31. The van der Waals surface area contributed by atoms with Crippen LogP contribution in [0.4, 0.5) is 13.2 Å². The van der Waals surface area contributed by atoms with E-state index in [2.05, 4.69) is 4.98 Å². The van der Waals surface area contributed by atoms with Crippen LogP contribution in [0.2, 0.25) is 0 Å². The summed E-state index contributed by atoms with van der Waals surface area (Å²) in [6.07, 6.45) is -1.70. The number of carbonyl (C=O) groups excluding carboxylic acids is 1. The highest BCUT2D eigenvalue weighted by molar-refractivity contribution is 5.87. The van der Waals surface area contributed by atoms with E-state index in [0.717, 1.165) is 0 Å². The highest BCUT2D eigenvalue weighted by atomic mass is 19.4. The minimum atomic E-state index is -4.12. The van der Waals surface area contributed by atoms with Crippen molar-refractivity contribution in [3.63, 3.8) is 0 Å². The molecule has 1 aliphatic rings. The second kappa shape index (κ2) is 5.94. The number of Topliss-reactive ketones (excluding diaryl/α,β-unsaturated/α-hetero) is 1. The second-order valence-corrected chi connectivity index (χ2v) is 5.47. The number of carbonyl (C=O) groups is 1. The van der Waals surface area contributed by atoms with Crippen molar-refractivity contribution in [3.8, 4) is 0 Å². The molecular weight excluding hydrogens is 267 g/mol. The third kappa shape index (κ3) is 3.38. The van der Waals surface area contributed by atoms with Crippen LogP contribution in [0, 0.1) is 11.8 Å². The van der Waals surface area contributed by atoms with Gasteiger partial charge in [-0.2, -0.15) is 13.2 Å². The predicted octanol–water partition coefficient (Wildman–Crippen LogP) is 4.12. The molecule has 20 heavy (non-hydrogen) atoms. The monoisotopic (exact) mass is 285 g/mol. The highest BCUT2D eigenvalue weighted by Crippen LogP contribution is 2.40. The minimum absolute atomic E-state index is 0.0179. The summed E-state index contributed by atoms with van der Waals surface area (Å²) in [4.78, 5) is 16.5. The fourth-order valence-electron chi connectivity index (χ4n) is 2.84. The van der Waals surface area contributed by atoms with Crippen molar-refractivity contribution in [1.82, 2.24) is 4.98 Å². The van der Waals surface area contributed by atoms with E-state index in [1.165, 1.54) is 0 Å². The van der Waals surface area contributed by atoms with Crippen molar-refractivity contribution >= 4 is 5.78 Å². The van der Waals surface area contributed by atoms with Crippen molar-refractivity contribution in [1.29, 1.82) is 0 Å². The van der Waals surface area contributed by atoms with Gasteiger partial charge < -0.3 is 0 Å². The van der Waals surface area contributed by atoms with Gasteiger partial charge in [-0.15, -0.1) is 0 Å². The number of alkyl halides is 3. The summed E-state index contributed by atoms with van der Waals surface area (Å²) in [5.74, 6) is -1.82. The molecule has 1 aliphatic carbocycles. The number of hydrogen-bond acceptors (Lipinski definition) is 2. The maximum Gasteiger partial charge on any atom is 0.391 e. The first-order chi connectivity index (χ1) is 9.39. The molecule has 0 aromatic carbocycles. The zero-order chi connectivity index (χ0) is 14.8. The molecule has 1 heterocycles. The highest BCUT2D eigenvalue weighted by Gasteiger charge is 2.42. The predicted molar refractivity (Wildman–Crippen MR) is 69.2 cm³/mol. The van der Waals surface area contributed by atoms with Crippen LogP contribution in [0.1, 0.15) is 44.2 Å². The number of pyridine rings is 1. The number of nitrogens with zero attached hydrogens (tertiary/aromatic N) is 1. The van der Waals surface area contributed by atoms with Crippen LogP contribution < -0.4 is 0 Å². The minimum Gasteiger partial charge on any atom is -0.299 e. The van der Waals surface area contributed by atoms with Crippen LogP contribution in [-0.2, 0) is 4.79 Å². The molecule has 0 spiro atoms. The molecule has 1 atom stereocenters. The van der Waals surface area contributed by atoms with Crippen molar-refractivity contribution in [2.75, 3.05) is 0 Å². The molecule has 2 rings (SSSR count). The van der Waals surface area contributed by atoms with E-state index in [0.29, 0.717) is 18.5 Å². The average Bonchev–Trinajstić information content (AvgIpc) is 2.46. The Morgan fingerprint density at radius 2 is 1.90 bits per heavy atom. The molecule has 0 bridgehead atoms. The van der Waals surface area contributed by atoms with Gasteiger partial charge in [-0.05, 0) is 44.7 Å². The van der Waals surface area contributed by atoms with Gasteiger partial charge in [0.1, 0.15) is 5.78 Å². The summed E-state index contributed by atoms with van der Waals surface area (Å²) < 4.78 is 37.8. The normalized spacial score (nSPS) is 25.2. The van der Waals surface area contributed by atoms with E-state index in [-0.39, 0.29) is 30.5 Å². The van der Waals surface area contributed by atoms with Gasteiger partial charge >= 0.3 is 6.18 Å². The van der Waals surface area contributed by atoms with Gasteiger partial charge in [0, 0.05) is 12.1 Å². The number of aromatic nitrogens is 1. The molecule has 0 radical (unpaired) electrons. The molecule has 0 aliphatic heterocycles. The van der Waals surface area contributed by atoms with E-state index in [9.17, 15) is 18.0 Å². The van der Waals surface area contributed by atoms with Gasteiger partial charge in [0.05, 0.1) is 17.5 Å². The molecule has 2 nitrogen and oxygen atoms in total. The Bertz CT molecular complexity index is 450. The first-order valence-electron chi connectivity index (χ1n) is 6.91.